The van der Waals surface area contributed by atoms with Gasteiger partial charge in [-0.2, -0.15) is 0 Å². The number of nitrogens with zero attached hydrogens (tertiary/aromatic N) is 4. The fraction of sp³-hybridized carbons (Fsp3) is 0.905. The van der Waals surface area contributed by atoms with Crippen LogP contribution in [-0.4, -0.2) is 99.1 Å². The minimum atomic E-state index is 0.284. The lowest BCUT2D eigenvalue weighted by molar-refractivity contribution is -0.134. The van der Waals surface area contributed by atoms with Crippen molar-refractivity contribution >= 4 is 11.9 Å². The summed E-state index contributed by atoms with van der Waals surface area (Å²) in [6.45, 7) is 10.7. The molecule has 1 amide bonds. The van der Waals surface area contributed by atoms with Crippen molar-refractivity contribution in [3.8, 4) is 0 Å². The zero-order valence-corrected chi connectivity index (χ0v) is 18.1. The third kappa shape index (κ3) is 6.08. The van der Waals surface area contributed by atoms with Crippen molar-refractivity contribution in [2.24, 2.45) is 16.8 Å². The van der Waals surface area contributed by atoms with Crippen molar-refractivity contribution in [2.75, 3.05) is 66.5 Å². The number of piperazine rings is 1. The number of aliphatic imine (C=N–C) groups is 1. The molecule has 2 heterocycles. The monoisotopic (exact) mass is 392 g/mol. The molecule has 0 radical (unpaired) electrons. The molecule has 0 bridgehead atoms. The lowest BCUT2D eigenvalue weighted by atomic mass is 10.1. The van der Waals surface area contributed by atoms with Gasteiger partial charge in [-0.1, -0.05) is 19.8 Å². The average molecular weight is 393 g/mol. The van der Waals surface area contributed by atoms with Gasteiger partial charge in [-0.05, 0) is 32.2 Å². The number of carbonyl (C=O) groups is 1. The van der Waals surface area contributed by atoms with Crippen LogP contribution in [0, 0.1) is 11.8 Å². The van der Waals surface area contributed by atoms with Gasteiger partial charge in [0, 0.05) is 71.4 Å². The molecule has 160 valence electrons. The highest BCUT2D eigenvalue weighted by Gasteiger charge is 2.32. The zero-order valence-electron chi connectivity index (χ0n) is 18.1. The van der Waals surface area contributed by atoms with Crippen molar-refractivity contribution in [2.45, 2.75) is 45.1 Å². The molecule has 1 aliphatic carbocycles. The second-order valence-corrected chi connectivity index (χ2v) is 9.06. The van der Waals surface area contributed by atoms with E-state index >= 15 is 0 Å². The van der Waals surface area contributed by atoms with Crippen molar-refractivity contribution < 1.29 is 4.79 Å². The SMILES string of the molecule is CN=C(NCC(C)CN1CCN(C)CC1)NC1CCN(C(=O)C2CCCC2)C1. The molecule has 2 unspecified atom stereocenters. The second kappa shape index (κ2) is 10.4. The number of hydrogen-bond donors (Lipinski definition) is 2. The topological polar surface area (TPSA) is 63.2 Å². The Kier molecular flexibility index (Phi) is 7.97. The van der Waals surface area contributed by atoms with Crippen LogP contribution in [0.25, 0.3) is 0 Å². The summed E-state index contributed by atoms with van der Waals surface area (Å²) in [6.07, 6.45) is 5.61. The molecule has 2 saturated heterocycles. The first-order chi connectivity index (χ1) is 13.5. The molecule has 1 saturated carbocycles. The van der Waals surface area contributed by atoms with Crippen molar-refractivity contribution in [3.63, 3.8) is 0 Å². The van der Waals surface area contributed by atoms with E-state index < -0.39 is 0 Å². The number of amides is 1. The van der Waals surface area contributed by atoms with E-state index in [1.807, 2.05) is 7.05 Å². The van der Waals surface area contributed by atoms with E-state index in [9.17, 15) is 4.79 Å². The Balaban J connectivity index is 1.35. The first-order valence-electron chi connectivity index (χ1n) is 11.2. The maximum Gasteiger partial charge on any atom is 0.225 e. The highest BCUT2D eigenvalue weighted by molar-refractivity contribution is 5.81. The quantitative estimate of drug-likeness (QED) is 0.518. The Morgan fingerprint density at radius 2 is 1.82 bits per heavy atom. The number of likely N-dealkylation sites (N-methyl/N-ethyl adjacent to an activating group) is 1. The summed E-state index contributed by atoms with van der Waals surface area (Å²) in [5.74, 6) is 2.11. The predicted molar refractivity (Wildman–Crippen MR) is 115 cm³/mol. The lowest BCUT2D eigenvalue weighted by Gasteiger charge is -2.34. The summed E-state index contributed by atoms with van der Waals surface area (Å²) in [6, 6.07) is 0.310. The minimum absolute atomic E-state index is 0.284. The Bertz CT molecular complexity index is 525. The zero-order chi connectivity index (χ0) is 19.9. The third-order valence-corrected chi connectivity index (χ3v) is 6.55. The molecule has 2 atom stereocenters. The fourth-order valence-corrected chi connectivity index (χ4v) is 4.70. The van der Waals surface area contributed by atoms with E-state index in [-0.39, 0.29) is 5.92 Å². The molecule has 0 spiro atoms. The molecule has 2 N–H and O–H groups in total. The number of guanidine groups is 1. The second-order valence-electron chi connectivity index (χ2n) is 9.06. The van der Waals surface area contributed by atoms with E-state index in [1.54, 1.807) is 0 Å². The van der Waals surface area contributed by atoms with Crippen LogP contribution in [0.4, 0.5) is 0 Å². The molecule has 3 rings (SSSR count). The maximum atomic E-state index is 12.6. The summed E-state index contributed by atoms with van der Waals surface area (Å²) in [4.78, 5) is 24.0. The number of hydrogen-bond acceptors (Lipinski definition) is 4. The maximum absolute atomic E-state index is 12.6. The normalized spacial score (nSPS) is 26.6. The fourth-order valence-electron chi connectivity index (χ4n) is 4.70. The highest BCUT2D eigenvalue weighted by atomic mass is 16.2. The van der Waals surface area contributed by atoms with Crippen LogP contribution in [0.1, 0.15) is 39.0 Å². The predicted octanol–water partition coefficient (Wildman–Crippen LogP) is 0.826. The third-order valence-electron chi connectivity index (χ3n) is 6.55. The molecule has 0 aromatic rings. The van der Waals surface area contributed by atoms with Gasteiger partial charge in [0.25, 0.3) is 0 Å². The Hall–Kier alpha value is -1.34. The van der Waals surface area contributed by atoms with Crippen LogP contribution in [0.2, 0.25) is 0 Å². The molecule has 7 nitrogen and oxygen atoms in total. The summed E-state index contributed by atoms with van der Waals surface area (Å²) in [5.41, 5.74) is 0. The summed E-state index contributed by atoms with van der Waals surface area (Å²) in [7, 11) is 4.03. The first kappa shape index (κ1) is 21.4. The van der Waals surface area contributed by atoms with E-state index in [0.29, 0.717) is 17.9 Å². The van der Waals surface area contributed by atoms with E-state index in [1.165, 1.54) is 39.0 Å². The van der Waals surface area contributed by atoms with Gasteiger partial charge in [0.1, 0.15) is 0 Å². The summed E-state index contributed by atoms with van der Waals surface area (Å²) < 4.78 is 0. The van der Waals surface area contributed by atoms with Gasteiger partial charge < -0.3 is 25.3 Å². The number of carbonyl (C=O) groups excluding carboxylic acids is 1. The number of likely N-dealkylation sites (tertiary alicyclic amines) is 1. The van der Waals surface area contributed by atoms with Gasteiger partial charge >= 0.3 is 0 Å². The van der Waals surface area contributed by atoms with Gasteiger partial charge in [0.15, 0.2) is 5.96 Å². The van der Waals surface area contributed by atoms with Gasteiger partial charge in [-0.15, -0.1) is 0 Å². The smallest absolute Gasteiger partial charge is 0.225 e. The van der Waals surface area contributed by atoms with Gasteiger partial charge in [0.2, 0.25) is 5.91 Å². The highest BCUT2D eigenvalue weighted by Crippen LogP contribution is 2.27. The molecule has 0 aromatic carbocycles. The first-order valence-corrected chi connectivity index (χ1v) is 11.2. The van der Waals surface area contributed by atoms with Crippen LogP contribution < -0.4 is 10.6 Å². The Morgan fingerprint density at radius 3 is 2.50 bits per heavy atom. The molecule has 28 heavy (non-hydrogen) atoms. The molecular formula is C21H40N6O. The van der Waals surface area contributed by atoms with Crippen LogP contribution >= 0.6 is 0 Å². The molecule has 7 heteroatoms. The lowest BCUT2D eigenvalue weighted by Crippen LogP contribution is -2.49. The standard InChI is InChI=1S/C21H40N6O/c1-17(15-26-12-10-25(3)11-13-26)14-23-21(22-2)24-19-8-9-27(16-19)20(28)18-6-4-5-7-18/h17-19H,4-16H2,1-3H3,(H2,22,23,24). The van der Waals surface area contributed by atoms with Crippen molar-refractivity contribution in [1.82, 2.24) is 25.3 Å². The van der Waals surface area contributed by atoms with E-state index in [4.69, 9.17) is 0 Å². The van der Waals surface area contributed by atoms with Crippen LogP contribution in [0.5, 0.6) is 0 Å². The molecule has 0 aromatic heterocycles. The summed E-state index contributed by atoms with van der Waals surface area (Å²) in [5, 5.41) is 7.02. The number of rotatable bonds is 6. The van der Waals surface area contributed by atoms with Crippen LogP contribution in [0.3, 0.4) is 0 Å². The van der Waals surface area contributed by atoms with Gasteiger partial charge in [-0.3, -0.25) is 9.79 Å². The van der Waals surface area contributed by atoms with Crippen LogP contribution in [-0.2, 0) is 4.79 Å². The Morgan fingerprint density at radius 1 is 1.11 bits per heavy atom. The van der Waals surface area contributed by atoms with Crippen molar-refractivity contribution in [3.05, 3.63) is 0 Å². The molecular weight excluding hydrogens is 352 g/mol. The van der Waals surface area contributed by atoms with Gasteiger partial charge in [-0.25, -0.2) is 0 Å². The van der Waals surface area contributed by atoms with E-state index in [0.717, 1.165) is 51.4 Å². The molecule has 3 fully saturated rings. The molecule has 3 aliphatic rings. The summed E-state index contributed by atoms with van der Waals surface area (Å²) >= 11 is 0. The number of nitrogens with one attached hydrogen (secondary N) is 2. The largest absolute Gasteiger partial charge is 0.356 e. The van der Waals surface area contributed by atoms with Crippen molar-refractivity contribution in [1.29, 1.82) is 0 Å². The molecule has 2 aliphatic heterocycles. The van der Waals surface area contributed by atoms with Crippen LogP contribution in [0.15, 0.2) is 4.99 Å². The van der Waals surface area contributed by atoms with E-state index in [2.05, 4.69) is 44.3 Å². The van der Waals surface area contributed by atoms with Gasteiger partial charge in [0.05, 0.1) is 0 Å². The average Bonchev–Trinajstić information content (AvgIpc) is 3.38. The minimum Gasteiger partial charge on any atom is -0.356 e. The Labute approximate surface area is 170 Å².